The van der Waals surface area contributed by atoms with Crippen LogP contribution < -0.4 is 5.73 Å². The van der Waals surface area contributed by atoms with Gasteiger partial charge in [-0.05, 0) is 54.1 Å². The van der Waals surface area contributed by atoms with Gasteiger partial charge in [0, 0.05) is 18.7 Å². The number of allylic oxidation sites excluding steroid dienone is 1. The van der Waals surface area contributed by atoms with Gasteiger partial charge in [-0.15, -0.1) is 0 Å². The van der Waals surface area contributed by atoms with Crippen molar-refractivity contribution >= 4 is 6.08 Å². The molecule has 0 amide bonds. The van der Waals surface area contributed by atoms with Gasteiger partial charge in [0.2, 0.25) is 5.88 Å². The number of halogens is 2. The summed E-state index contributed by atoms with van der Waals surface area (Å²) in [6, 6.07) is 14.4. The maximum Gasteiger partial charge on any atom is 0.205 e. The number of benzene rings is 2. The van der Waals surface area contributed by atoms with Crippen LogP contribution in [-0.4, -0.2) is 25.0 Å². The molecular formula is C23H19F2N3O. The number of nitrogens with two attached hydrogens (primary N) is 1. The molecule has 2 heterocycles. The highest BCUT2D eigenvalue weighted by atomic mass is 19.1. The van der Waals surface area contributed by atoms with Gasteiger partial charge in [0.1, 0.15) is 29.0 Å². The Hall–Kier alpha value is -3.43. The van der Waals surface area contributed by atoms with Crippen LogP contribution >= 0.6 is 0 Å². The lowest BCUT2D eigenvalue weighted by Crippen LogP contribution is -2.35. The number of likely N-dealkylation sites (N-methyl/N-ethyl adjacent to an activating group) is 1. The number of ether oxygens (including phenoxy) is 1. The van der Waals surface area contributed by atoms with Gasteiger partial charge in [-0.3, -0.25) is 4.90 Å². The normalized spacial score (nSPS) is 21.0. The topological polar surface area (TPSA) is 62.3 Å². The Bertz CT molecular complexity index is 1080. The minimum Gasteiger partial charge on any atom is -0.440 e. The molecule has 0 bridgehead atoms. The van der Waals surface area contributed by atoms with Crippen molar-refractivity contribution in [2.45, 2.75) is 5.92 Å². The van der Waals surface area contributed by atoms with Crippen molar-refractivity contribution in [3.05, 3.63) is 99.7 Å². The fourth-order valence-corrected chi connectivity index (χ4v) is 3.84. The molecule has 2 aromatic rings. The Balaban J connectivity index is 1.85. The highest BCUT2D eigenvalue weighted by Gasteiger charge is 2.36. The molecule has 0 aromatic heterocycles. The summed E-state index contributed by atoms with van der Waals surface area (Å²) in [5, 5.41) is 9.70. The van der Waals surface area contributed by atoms with Crippen LogP contribution in [0.5, 0.6) is 0 Å². The van der Waals surface area contributed by atoms with Crippen molar-refractivity contribution in [2.75, 3.05) is 20.1 Å². The molecular weight excluding hydrogens is 372 g/mol. The van der Waals surface area contributed by atoms with Crippen LogP contribution in [0.2, 0.25) is 0 Å². The Morgan fingerprint density at radius 1 is 1.07 bits per heavy atom. The number of hydrogen-bond donors (Lipinski definition) is 1. The molecule has 146 valence electrons. The van der Waals surface area contributed by atoms with E-state index in [0.717, 1.165) is 22.3 Å². The minimum atomic E-state index is -0.413. The molecule has 2 N–H and O–H groups in total. The highest BCUT2D eigenvalue weighted by molar-refractivity contribution is 5.63. The Morgan fingerprint density at radius 2 is 1.69 bits per heavy atom. The fraction of sp³-hybridized carbons (Fsp3) is 0.174. The quantitative estimate of drug-likeness (QED) is 0.839. The first-order valence-corrected chi connectivity index (χ1v) is 9.17. The van der Waals surface area contributed by atoms with E-state index in [1.54, 1.807) is 24.3 Å². The van der Waals surface area contributed by atoms with Crippen molar-refractivity contribution in [3.8, 4) is 6.07 Å². The summed E-state index contributed by atoms with van der Waals surface area (Å²) in [6.45, 7) is 1.19. The molecule has 4 nitrogen and oxygen atoms in total. The molecule has 0 aliphatic carbocycles. The number of rotatable bonds is 2. The largest absolute Gasteiger partial charge is 0.440 e. The van der Waals surface area contributed by atoms with E-state index in [4.69, 9.17) is 10.5 Å². The minimum absolute atomic E-state index is 0.0511. The van der Waals surface area contributed by atoms with Crippen molar-refractivity contribution in [1.29, 1.82) is 5.26 Å². The van der Waals surface area contributed by atoms with Crippen molar-refractivity contribution in [2.24, 2.45) is 5.73 Å². The molecule has 1 atom stereocenters. The van der Waals surface area contributed by atoms with Gasteiger partial charge in [-0.2, -0.15) is 5.26 Å². The third-order valence-corrected chi connectivity index (χ3v) is 5.11. The monoisotopic (exact) mass is 391 g/mol. The summed E-state index contributed by atoms with van der Waals surface area (Å²) in [5.74, 6) is -0.385. The van der Waals surface area contributed by atoms with E-state index in [2.05, 4.69) is 11.0 Å². The SMILES string of the molecule is CN1CC2=C(OC(N)=C(C#N)[C@H]2c2ccc(F)cc2)/C(=C\c2ccc(F)cc2)C1. The van der Waals surface area contributed by atoms with Crippen LogP contribution in [0, 0.1) is 23.0 Å². The number of nitrogens with zero attached hydrogens (tertiary/aromatic N) is 2. The van der Waals surface area contributed by atoms with Crippen LogP contribution in [0.3, 0.4) is 0 Å². The number of hydrogen-bond acceptors (Lipinski definition) is 4. The summed E-state index contributed by atoms with van der Waals surface area (Å²) in [4.78, 5) is 2.10. The molecule has 4 rings (SSSR count). The lowest BCUT2D eigenvalue weighted by Gasteiger charge is -2.36. The molecule has 2 aromatic carbocycles. The first kappa shape index (κ1) is 18.9. The second kappa shape index (κ2) is 7.53. The fourth-order valence-electron chi connectivity index (χ4n) is 3.84. The van der Waals surface area contributed by atoms with Gasteiger partial charge in [0.05, 0.1) is 5.92 Å². The van der Waals surface area contributed by atoms with E-state index in [0.29, 0.717) is 24.4 Å². The van der Waals surface area contributed by atoms with Crippen LogP contribution in [0.25, 0.3) is 6.08 Å². The van der Waals surface area contributed by atoms with Gasteiger partial charge in [-0.25, -0.2) is 8.78 Å². The molecule has 2 aliphatic heterocycles. The molecule has 2 aliphatic rings. The highest BCUT2D eigenvalue weighted by Crippen LogP contribution is 2.43. The summed E-state index contributed by atoms with van der Waals surface area (Å²) >= 11 is 0. The predicted molar refractivity (Wildman–Crippen MR) is 106 cm³/mol. The molecule has 0 radical (unpaired) electrons. The lowest BCUT2D eigenvalue weighted by atomic mass is 9.80. The molecule has 0 saturated carbocycles. The second-order valence-electron chi connectivity index (χ2n) is 7.22. The van der Waals surface area contributed by atoms with E-state index < -0.39 is 5.92 Å². The van der Waals surface area contributed by atoms with Crippen LogP contribution in [0.15, 0.2) is 76.9 Å². The average molecular weight is 391 g/mol. The van der Waals surface area contributed by atoms with E-state index in [1.165, 1.54) is 24.3 Å². The van der Waals surface area contributed by atoms with Crippen molar-refractivity contribution in [3.63, 3.8) is 0 Å². The lowest BCUT2D eigenvalue weighted by molar-refractivity contribution is 0.251. The summed E-state index contributed by atoms with van der Waals surface area (Å²) in [6.07, 6.45) is 1.93. The third kappa shape index (κ3) is 3.65. The zero-order chi connectivity index (χ0) is 20.5. The maximum absolute atomic E-state index is 13.5. The Kier molecular flexibility index (Phi) is 4.91. The van der Waals surface area contributed by atoms with Gasteiger partial charge >= 0.3 is 0 Å². The molecule has 6 heteroatoms. The smallest absolute Gasteiger partial charge is 0.205 e. The average Bonchev–Trinajstić information content (AvgIpc) is 2.70. The van der Waals surface area contributed by atoms with Gasteiger partial charge < -0.3 is 10.5 Å². The first-order chi connectivity index (χ1) is 14.0. The van der Waals surface area contributed by atoms with E-state index in [-0.39, 0.29) is 17.5 Å². The van der Waals surface area contributed by atoms with Gasteiger partial charge in [-0.1, -0.05) is 24.3 Å². The molecule has 0 fully saturated rings. The molecule has 29 heavy (non-hydrogen) atoms. The Morgan fingerprint density at radius 3 is 2.31 bits per heavy atom. The van der Waals surface area contributed by atoms with Crippen LogP contribution in [-0.2, 0) is 4.74 Å². The van der Waals surface area contributed by atoms with Crippen molar-refractivity contribution < 1.29 is 13.5 Å². The first-order valence-electron chi connectivity index (χ1n) is 9.17. The molecule has 0 unspecified atom stereocenters. The third-order valence-electron chi connectivity index (χ3n) is 5.11. The Labute approximate surface area is 167 Å². The summed E-state index contributed by atoms with van der Waals surface area (Å²) < 4.78 is 32.6. The molecule has 0 saturated heterocycles. The van der Waals surface area contributed by atoms with E-state index in [9.17, 15) is 14.0 Å². The zero-order valence-corrected chi connectivity index (χ0v) is 15.8. The summed E-state index contributed by atoms with van der Waals surface area (Å²) in [7, 11) is 1.97. The molecule has 0 spiro atoms. The van der Waals surface area contributed by atoms with Crippen LogP contribution in [0.4, 0.5) is 8.78 Å². The second-order valence-corrected chi connectivity index (χ2v) is 7.22. The maximum atomic E-state index is 13.5. The number of nitriles is 1. The van der Waals surface area contributed by atoms with E-state index >= 15 is 0 Å². The van der Waals surface area contributed by atoms with E-state index in [1.807, 2.05) is 13.1 Å². The zero-order valence-electron chi connectivity index (χ0n) is 15.8. The predicted octanol–water partition coefficient (Wildman–Crippen LogP) is 4.06. The van der Waals surface area contributed by atoms with Crippen LogP contribution in [0.1, 0.15) is 17.0 Å². The summed E-state index contributed by atoms with van der Waals surface area (Å²) in [5.41, 5.74) is 9.80. The van der Waals surface area contributed by atoms with Gasteiger partial charge in [0.25, 0.3) is 0 Å². The van der Waals surface area contributed by atoms with Gasteiger partial charge in [0.15, 0.2) is 0 Å². The standard InChI is InChI=1S/C23H19F2N3O/c1-28-12-16(10-14-2-6-17(24)7-3-14)22-20(13-28)21(19(11-26)23(27)29-22)15-4-8-18(25)9-5-15/h2-10,21H,12-13,27H2,1H3/b16-10-/t21-/m1/s1. The van der Waals surface area contributed by atoms with Crippen molar-refractivity contribution in [1.82, 2.24) is 4.90 Å².